The van der Waals surface area contributed by atoms with E-state index in [-0.39, 0.29) is 6.04 Å². The van der Waals surface area contributed by atoms with Gasteiger partial charge < -0.3 is 20.3 Å². The summed E-state index contributed by atoms with van der Waals surface area (Å²) in [6.07, 6.45) is 0. The van der Waals surface area contributed by atoms with Gasteiger partial charge in [0.2, 0.25) is 0 Å². The van der Waals surface area contributed by atoms with Crippen LogP contribution in [-0.2, 0) is 4.74 Å². The molecule has 3 N–H and O–H groups in total. The molecule has 4 nitrogen and oxygen atoms in total. The summed E-state index contributed by atoms with van der Waals surface area (Å²) in [7, 11) is 0. The first-order chi connectivity index (χ1) is 13.0. The van der Waals surface area contributed by atoms with E-state index in [1.54, 1.807) is 0 Å². The molecule has 0 radical (unpaired) electrons. The molecule has 3 rings (SSSR count). The Morgan fingerprint density at radius 2 is 1.85 bits per heavy atom. The third-order valence-corrected chi connectivity index (χ3v) is 5.65. The Bertz CT molecular complexity index is 765. The van der Waals surface area contributed by atoms with Crippen molar-refractivity contribution in [2.24, 2.45) is 0 Å². The van der Waals surface area contributed by atoms with E-state index >= 15 is 0 Å². The Balaban J connectivity index is 1.70. The Labute approximate surface area is 171 Å². The number of rotatable bonds is 5. The molecule has 1 heterocycles. The van der Waals surface area contributed by atoms with Crippen LogP contribution in [0.15, 0.2) is 48.5 Å². The van der Waals surface area contributed by atoms with E-state index in [2.05, 4.69) is 47.9 Å². The van der Waals surface area contributed by atoms with E-state index in [4.69, 9.17) is 28.6 Å². The lowest BCUT2D eigenvalue weighted by atomic mass is 9.98. The average molecular weight is 405 g/mol. The third kappa shape index (κ3) is 5.42. The van der Waals surface area contributed by atoms with Crippen molar-refractivity contribution < 1.29 is 9.64 Å². The lowest BCUT2D eigenvalue weighted by Crippen LogP contribution is -3.15. The number of hydrogen-bond donors (Lipinski definition) is 3. The van der Waals surface area contributed by atoms with Gasteiger partial charge in [-0.1, -0.05) is 48.0 Å². The van der Waals surface area contributed by atoms with Gasteiger partial charge in [0.05, 0.1) is 19.3 Å². The van der Waals surface area contributed by atoms with E-state index in [0.717, 1.165) is 42.6 Å². The smallest absolute Gasteiger partial charge is 0.171 e. The number of morpholine rings is 1. The molecule has 0 amide bonds. The van der Waals surface area contributed by atoms with Gasteiger partial charge in [0.15, 0.2) is 5.11 Å². The number of hydrogen-bond acceptors (Lipinski definition) is 2. The lowest BCUT2D eigenvalue weighted by molar-refractivity contribution is -0.940. The fourth-order valence-corrected chi connectivity index (χ4v) is 4.10. The first-order valence-corrected chi connectivity index (χ1v) is 10.1. The molecular weight excluding hydrogens is 378 g/mol. The molecule has 2 atom stereocenters. The molecule has 0 spiro atoms. The van der Waals surface area contributed by atoms with Crippen molar-refractivity contribution in [1.82, 2.24) is 5.32 Å². The molecule has 6 heteroatoms. The predicted octanol–water partition coefficient (Wildman–Crippen LogP) is 2.98. The summed E-state index contributed by atoms with van der Waals surface area (Å²) in [5, 5.41) is 8.07. The zero-order valence-corrected chi connectivity index (χ0v) is 17.4. The first kappa shape index (κ1) is 20.1. The zero-order valence-electron chi connectivity index (χ0n) is 15.8. The second-order valence-corrected chi connectivity index (χ2v) is 7.83. The van der Waals surface area contributed by atoms with Crippen molar-refractivity contribution in [2.75, 3.05) is 31.6 Å². The summed E-state index contributed by atoms with van der Waals surface area (Å²) in [6, 6.07) is 17.0. The molecule has 1 saturated heterocycles. The highest BCUT2D eigenvalue weighted by Gasteiger charge is 2.31. The fraction of sp³-hybridized carbons (Fsp3) is 0.381. The Morgan fingerprint density at radius 3 is 2.52 bits per heavy atom. The fourth-order valence-electron chi connectivity index (χ4n) is 3.61. The molecule has 0 unspecified atom stereocenters. The van der Waals surface area contributed by atoms with Crippen molar-refractivity contribution in [1.29, 1.82) is 0 Å². The maximum Gasteiger partial charge on any atom is 0.171 e. The summed E-state index contributed by atoms with van der Waals surface area (Å²) in [5.41, 5.74) is 3.26. The molecule has 144 valence electrons. The van der Waals surface area contributed by atoms with Crippen LogP contribution in [-0.4, -0.2) is 37.5 Å². The quantitative estimate of drug-likeness (QED) is 0.670. The largest absolute Gasteiger partial charge is 0.370 e. The number of anilines is 1. The molecule has 1 aliphatic heterocycles. The minimum atomic E-state index is 0.168. The molecule has 0 aliphatic carbocycles. The molecule has 1 aliphatic rings. The van der Waals surface area contributed by atoms with Crippen molar-refractivity contribution in [3.8, 4) is 0 Å². The second kappa shape index (κ2) is 9.51. The van der Waals surface area contributed by atoms with Crippen LogP contribution in [0, 0.1) is 6.92 Å². The van der Waals surface area contributed by atoms with E-state index < -0.39 is 0 Å². The van der Waals surface area contributed by atoms with Gasteiger partial charge in [0, 0.05) is 16.3 Å². The van der Waals surface area contributed by atoms with Crippen LogP contribution in [0.3, 0.4) is 0 Å². The van der Waals surface area contributed by atoms with Crippen molar-refractivity contribution in [2.45, 2.75) is 25.9 Å². The van der Waals surface area contributed by atoms with Gasteiger partial charge in [0.25, 0.3) is 0 Å². The molecule has 0 bridgehead atoms. The standard InChI is InChI=1S/C21H26ClN3OS/c1-15-8-9-18(14-19(15)22)24-21(27)23-16(2)20(17-6-4-3-5-7-17)25-10-12-26-13-11-25/h3-9,14,16,20H,10-13H2,1-2H3,(H2,23,24,27)/p+1/t16-,20-/m1/s1. The third-order valence-electron chi connectivity index (χ3n) is 5.02. The number of thiocarbonyl (C=S) groups is 1. The highest BCUT2D eigenvalue weighted by Crippen LogP contribution is 2.20. The van der Waals surface area contributed by atoms with Crippen LogP contribution in [0.4, 0.5) is 5.69 Å². The van der Waals surface area contributed by atoms with E-state index in [1.807, 2.05) is 25.1 Å². The maximum atomic E-state index is 6.22. The van der Waals surface area contributed by atoms with Crippen molar-refractivity contribution in [3.63, 3.8) is 0 Å². The van der Waals surface area contributed by atoms with E-state index in [9.17, 15) is 0 Å². The normalized spacial score (nSPS) is 17.1. The van der Waals surface area contributed by atoms with Crippen molar-refractivity contribution in [3.05, 3.63) is 64.7 Å². The monoisotopic (exact) mass is 404 g/mol. The van der Waals surface area contributed by atoms with Crippen LogP contribution in [0.2, 0.25) is 5.02 Å². The summed E-state index contributed by atoms with van der Waals surface area (Å²) >= 11 is 11.8. The van der Waals surface area contributed by atoms with Crippen LogP contribution in [0.25, 0.3) is 0 Å². The molecule has 1 fully saturated rings. The number of nitrogens with one attached hydrogen (secondary N) is 3. The van der Waals surface area contributed by atoms with Crippen molar-refractivity contribution >= 4 is 34.6 Å². The molecule has 0 aromatic heterocycles. The van der Waals surface area contributed by atoms with Gasteiger partial charge in [-0.3, -0.25) is 0 Å². The summed E-state index contributed by atoms with van der Waals surface area (Å²) < 4.78 is 5.55. The average Bonchev–Trinajstić information content (AvgIpc) is 2.66. The van der Waals surface area contributed by atoms with Crippen LogP contribution < -0.4 is 15.5 Å². The van der Waals surface area contributed by atoms with E-state index in [0.29, 0.717) is 11.2 Å². The van der Waals surface area contributed by atoms with Crippen LogP contribution >= 0.6 is 23.8 Å². The van der Waals surface area contributed by atoms with E-state index in [1.165, 1.54) is 10.5 Å². The molecule has 2 aromatic carbocycles. The molecule has 2 aromatic rings. The summed E-state index contributed by atoms with van der Waals surface area (Å²) in [4.78, 5) is 1.52. The minimum Gasteiger partial charge on any atom is -0.370 e. The SMILES string of the molecule is Cc1ccc(NC(=S)N[C@H](C)[C@H](c2ccccc2)[NH+]2CCOCC2)cc1Cl. The van der Waals surface area contributed by atoms with Gasteiger partial charge >= 0.3 is 0 Å². The number of ether oxygens (including phenoxy) is 1. The minimum absolute atomic E-state index is 0.168. The molecular formula is C21H27ClN3OS+. The number of quaternary nitrogens is 1. The van der Waals surface area contributed by atoms with Crippen LogP contribution in [0.5, 0.6) is 0 Å². The summed E-state index contributed by atoms with van der Waals surface area (Å²) in [5.74, 6) is 0. The Hall–Kier alpha value is -1.66. The number of benzene rings is 2. The molecule has 27 heavy (non-hydrogen) atoms. The van der Waals surface area contributed by atoms with Gasteiger partial charge in [0.1, 0.15) is 19.1 Å². The van der Waals surface area contributed by atoms with Crippen LogP contribution in [0.1, 0.15) is 24.1 Å². The highest BCUT2D eigenvalue weighted by molar-refractivity contribution is 7.80. The van der Waals surface area contributed by atoms with Gasteiger partial charge in [-0.05, 0) is 43.8 Å². The Kier molecular flexibility index (Phi) is 7.07. The topological polar surface area (TPSA) is 37.7 Å². The number of aryl methyl sites for hydroxylation is 1. The number of halogens is 1. The lowest BCUT2D eigenvalue weighted by Gasteiger charge is -2.35. The molecule has 0 saturated carbocycles. The van der Waals surface area contributed by atoms with Gasteiger partial charge in [-0.25, -0.2) is 0 Å². The Morgan fingerprint density at radius 1 is 1.15 bits per heavy atom. The summed E-state index contributed by atoms with van der Waals surface area (Å²) in [6.45, 7) is 7.78. The second-order valence-electron chi connectivity index (χ2n) is 7.01. The van der Waals surface area contributed by atoms with Gasteiger partial charge in [-0.2, -0.15) is 0 Å². The predicted molar refractivity (Wildman–Crippen MR) is 116 cm³/mol. The first-order valence-electron chi connectivity index (χ1n) is 9.35. The maximum absolute atomic E-state index is 6.22. The van der Waals surface area contributed by atoms with Gasteiger partial charge in [-0.15, -0.1) is 0 Å². The zero-order chi connectivity index (χ0) is 19.2. The highest BCUT2D eigenvalue weighted by atomic mass is 35.5.